The first-order chi connectivity index (χ1) is 28.1. The van der Waals surface area contributed by atoms with Gasteiger partial charge in [0.25, 0.3) is 0 Å². The van der Waals surface area contributed by atoms with Crippen LogP contribution >= 0.6 is 0 Å². The molecule has 3 heterocycles. The minimum Gasteiger partial charge on any atom is -0.456 e. The molecule has 5 nitrogen and oxygen atoms in total. The molecular weight excluding hydrogens is 699 g/mol. The van der Waals surface area contributed by atoms with E-state index in [4.69, 9.17) is 82.1 Å². The van der Waals surface area contributed by atoms with E-state index < -0.39 is 0 Å². The molecule has 0 saturated heterocycles. The zero-order valence-corrected chi connectivity index (χ0v) is 30.9. The van der Waals surface area contributed by atoms with Gasteiger partial charge in [-0.3, -0.25) is 0 Å². The van der Waals surface area contributed by atoms with Gasteiger partial charge >= 0.3 is 0 Å². The lowest BCUT2D eigenvalue weighted by Crippen LogP contribution is -2.33. The van der Waals surface area contributed by atoms with E-state index in [0.717, 1.165) is 33.0 Å². The van der Waals surface area contributed by atoms with Crippen LogP contribution < -0.4 is 43.7 Å². The number of furan rings is 1. The van der Waals surface area contributed by atoms with Crippen LogP contribution in [0.25, 0.3) is 94.7 Å². The molecule has 250 valence electrons. The number of rotatable bonds is 5. The summed E-state index contributed by atoms with van der Waals surface area (Å²) in [5, 5.41) is 2.81. The topological polar surface area (TPSA) is 56.7 Å². The molecule has 0 spiro atoms. The van der Waals surface area contributed by atoms with Gasteiger partial charge in [-0.15, -0.1) is 5.46 Å². The van der Waals surface area contributed by atoms with E-state index in [1.165, 1.54) is 0 Å². The predicted octanol–water partition coefficient (Wildman–Crippen LogP) is 1.89. The second-order valence-corrected chi connectivity index (χ2v) is 14.3. The van der Waals surface area contributed by atoms with E-state index in [1.807, 2.05) is 102 Å². The molecule has 10 aromatic rings. The van der Waals surface area contributed by atoms with Crippen molar-refractivity contribution in [1.29, 1.82) is 0 Å². The second-order valence-electron chi connectivity index (χ2n) is 14.3. The van der Waals surface area contributed by atoms with Crippen molar-refractivity contribution in [1.82, 2.24) is 19.5 Å². The maximum absolute atomic E-state index is 6.98. The Hall–Kier alpha value is -6.33. The van der Waals surface area contributed by atoms with Gasteiger partial charge in [0.2, 0.25) is 0 Å². The minimum absolute atomic E-state index is 0.290. The van der Waals surface area contributed by atoms with Crippen molar-refractivity contribution >= 4 is 150 Å². The fourth-order valence-electron chi connectivity index (χ4n) is 8.12. The Morgan fingerprint density at radius 2 is 1.00 bits per heavy atom. The highest BCUT2D eigenvalue weighted by Gasteiger charge is 2.25. The molecule has 0 atom stereocenters. The highest BCUT2D eigenvalue weighted by molar-refractivity contribution is 6.60. The van der Waals surface area contributed by atoms with Gasteiger partial charge in [0.1, 0.15) is 73.9 Å². The lowest BCUT2D eigenvalue weighted by Gasteiger charge is -2.20. The number of hydrogen-bond acceptors (Lipinski definition) is 4. The van der Waals surface area contributed by atoms with Gasteiger partial charge in [-0.2, -0.15) is 0 Å². The summed E-state index contributed by atoms with van der Waals surface area (Å²) in [5.41, 5.74) is 9.33. The fourth-order valence-corrected chi connectivity index (χ4v) is 8.12. The summed E-state index contributed by atoms with van der Waals surface area (Å²) in [4.78, 5) is 14.7. The van der Waals surface area contributed by atoms with Gasteiger partial charge in [0.05, 0.1) is 0 Å². The van der Waals surface area contributed by atoms with Crippen LogP contribution in [-0.4, -0.2) is 82.3 Å². The molecule has 16 radical (unpaired) electrons. The van der Waals surface area contributed by atoms with Crippen molar-refractivity contribution in [3.05, 3.63) is 121 Å². The standard InChI is InChI=1S/C45H20B8N4O/c46-24-17-29(49)40(30(50)18-24)57-41-31(51)19-27(47)36(37(41)38-39(53)28(48)20-32(52)42(38)57)26-12-7-13-33-35(26)25-15-14-23(16-34(25)58-33)45-55-43(21-8-3-1-4-9-21)54-44(56-45)22-10-5-2-6-11-22/h1-20H. The molecule has 10 rings (SSSR count). The Morgan fingerprint density at radius 3 is 1.62 bits per heavy atom. The van der Waals surface area contributed by atoms with Crippen LogP contribution in [0.4, 0.5) is 0 Å². The zero-order chi connectivity index (χ0) is 40.0. The SMILES string of the molecule is [B]c1cc([B])c(-n2c3c([B])cc([B])c([B])c3c3c(-c4cccc5oc6cc(-c7nc(-c8ccccc8)nc(-c8ccccc8)n7)ccc6c45)c([B])cc([B])c32)c([B])c1. The van der Waals surface area contributed by atoms with Crippen molar-refractivity contribution in [2.75, 3.05) is 0 Å². The van der Waals surface area contributed by atoms with E-state index in [1.54, 1.807) is 24.3 Å². The third kappa shape index (κ3) is 5.62. The number of aromatic nitrogens is 4. The van der Waals surface area contributed by atoms with Crippen molar-refractivity contribution in [3.63, 3.8) is 0 Å². The first-order valence-corrected chi connectivity index (χ1v) is 18.3. The highest BCUT2D eigenvalue weighted by Crippen LogP contribution is 2.42. The third-order valence-corrected chi connectivity index (χ3v) is 10.6. The van der Waals surface area contributed by atoms with Crippen LogP contribution in [0.2, 0.25) is 0 Å². The molecule has 0 aliphatic rings. The summed E-state index contributed by atoms with van der Waals surface area (Å²) >= 11 is 0. The van der Waals surface area contributed by atoms with Gasteiger partial charge < -0.3 is 8.98 Å². The Bertz CT molecular complexity index is 3250. The Balaban J connectivity index is 1.24. The summed E-state index contributed by atoms with van der Waals surface area (Å²) in [6.07, 6.45) is 0. The normalized spacial score (nSPS) is 11.7. The molecule has 0 unspecified atom stereocenters. The summed E-state index contributed by atoms with van der Waals surface area (Å²) in [6, 6.07) is 38.0. The molecule has 58 heavy (non-hydrogen) atoms. The largest absolute Gasteiger partial charge is 0.456 e. The van der Waals surface area contributed by atoms with Crippen LogP contribution in [-0.2, 0) is 0 Å². The van der Waals surface area contributed by atoms with E-state index in [-0.39, 0.29) is 5.46 Å². The first-order valence-electron chi connectivity index (χ1n) is 18.3. The third-order valence-electron chi connectivity index (χ3n) is 10.6. The second kappa shape index (κ2) is 13.7. The lowest BCUT2D eigenvalue weighted by molar-refractivity contribution is 0.669. The number of nitrogens with zero attached hydrogens (tertiary/aromatic N) is 4. The molecule has 0 bridgehead atoms. The Morgan fingerprint density at radius 1 is 0.431 bits per heavy atom. The molecule has 0 fully saturated rings. The van der Waals surface area contributed by atoms with Gasteiger partial charge in [-0.05, 0) is 29.3 Å². The van der Waals surface area contributed by atoms with Crippen LogP contribution in [0, 0.1) is 0 Å². The highest BCUT2D eigenvalue weighted by atomic mass is 16.3. The monoisotopic (exact) mass is 720 g/mol. The summed E-state index contributed by atoms with van der Waals surface area (Å²) in [6.45, 7) is 0. The number of hydrogen-bond donors (Lipinski definition) is 0. The van der Waals surface area contributed by atoms with Crippen molar-refractivity contribution in [3.8, 4) is 51.0 Å². The molecular formula is C45H20B8N4O. The zero-order valence-electron chi connectivity index (χ0n) is 30.9. The predicted molar refractivity (Wildman–Crippen MR) is 246 cm³/mol. The maximum Gasteiger partial charge on any atom is 0.164 e. The first kappa shape index (κ1) is 36.0. The van der Waals surface area contributed by atoms with Crippen LogP contribution in [0.5, 0.6) is 0 Å². The van der Waals surface area contributed by atoms with Gasteiger partial charge in [0.15, 0.2) is 17.5 Å². The Kier molecular flexibility index (Phi) is 8.49. The molecule has 0 saturated carbocycles. The van der Waals surface area contributed by atoms with Crippen molar-refractivity contribution < 1.29 is 4.42 Å². The summed E-state index contributed by atoms with van der Waals surface area (Å²) < 4.78 is 8.42. The van der Waals surface area contributed by atoms with Crippen LogP contribution in [0.3, 0.4) is 0 Å². The molecule has 0 aliphatic heterocycles. The number of fused-ring (bicyclic) bond motifs is 6. The molecule has 0 aliphatic carbocycles. The fraction of sp³-hybridized carbons (Fsp3) is 0. The maximum atomic E-state index is 6.98. The smallest absolute Gasteiger partial charge is 0.164 e. The molecule has 7 aromatic carbocycles. The van der Waals surface area contributed by atoms with Crippen molar-refractivity contribution in [2.24, 2.45) is 0 Å². The average molecular weight is 719 g/mol. The van der Waals surface area contributed by atoms with Gasteiger partial charge in [-0.25, -0.2) is 15.0 Å². The molecule has 0 N–H and O–H groups in total. The van der Waals surface area contributed by atoms with Gasteiger partial charge in [-0.1, -0.05) is 141 Å². The summed E-state index contributed by atoms with van der Waals surface area (Å²) in [5.74, 6) is 1.61. The molecule has 0 amide bonds. The van der Waals surface area contributed by atoms with E-state index in [9.17, 15) is 0 Å². The minimum atomic E-state index is 0.290. The number of benzene rings is 7. The van der Waals surface area contributed by atoms with Crippen LogP contribution in [0.1, 0.15) is 0 Å². The van der Waals surface area contributed by atoms with E-state index >= 15 is 0 Å². The lowest BCUT2D eigenvalue weighted by atomic mass is 9.72. The van der Waals surface area contributed by atoms with Crippen LogP contribution in [0.15, 0.2) is 126 Å². The molecule has 3 aromatic heterocycles. The quantitative estimate of drug-likeness (QED) is 0.256. The average Bonchev–Trinajstić information content (AvgIpc) is 3.77. The Labute approximate surface area is 345 Å². The van der Waals surface area contributed by atoms with E-state index in [2.05, 4.69) is 0 Å². The van der Waals surface area contributed by atoms with E-state index in [0.29, 0.717) is 99.9 Å². The van der Waals surface area contributed by atoms with Crippen molar-refractivity contribution in [2.45, 2.75) is 0 Å². The summed E-state index contributed by atoms with van der Waals surface area (Å²) in [7, 11) is 53.3. The molecule has 13 heteroatoms. The van der Waals surface area contributed by atoms with Gasteiger partial charge in [0, 0.05) is 55.0 Å².